The van der Waals surface area contributed by atoms with Crippen LogP contribution in [0.15, 0.2) is 23.5 Å². The second-order valence-corrected chi connectivity index (χ2v) is 3.48. The monoisotopic (exact) mass is 214 g/mol. The van der Waals surface area contributed by atoms with Crippen LogP contribution >= 0.6 is 0 Å². The smallest absolute Gasteiger partial charge is 0.268 e. The molecular formula is C10H10N6. The van der Waals surface area contributed by atoms with Gasteiger partial charge in [0.05, 0.1) is 23.6 Å². The van der Waals surface area contributed by atoms with Crippen molar-refractivity contribution in [2.24, 2.45) is 4.99 Å². The highest BCUT2D eigenvalue weighted by molar-refractivity contribution is 5.58. The van der Waals surface area contributed by atoms with Gasteiger partial charge in [-0.25, -0.2) is 14.5 Å². The molecule has 2 rings (SSSR count). The molecule has 80 valence electrons. The Morgan fingerprint density at radius 1 is 1.56 bits per heavy atom. The number of hydrogen-bond donors (Lipinski definition) is 0. The number of fused-ring (bicyclic) bond motifs is 1. The fraction of sp³-hybridized carbons (Fsp3) is 0.200. The molecule has 0 aliphatic rings. The van der Waals surface area contributed by atoms with Crippen LogP contribution in [-0.4, -0.2) is 39.9 Å². The van der Waals surface area contributed by atoms with E-state index in [4.69, 9.17) is 5.26 Å². The van der Waals surface area contributed by atoms with Crippen LogP contribution < -0.4 is 0 Å². The maximum atomic E-state index is 8.74. The van der Waals surface area contributed by atoms with Crippen molar-refractivity contribution in [3.05, 3.63) is 24.0 Å². The minimum Gasteiger partial charge on any atom is -0.369 e. The van der Waals surface area contributed by atoms with E-state index in [9.17, 15) is 0 Å². The molecule has 0 amide bonds. The average molecular weight is 214 g/mol. The molecular weight excluding hydrogens is 204 g/mol. The lowest BCUT2D eigenvalue weighted by molar-refractivity contribution is 0.642. The molecule has 0 aliphatic heterocycles. The van der Waals surface area contributed by atoms with Gasteiger partial charge >= 0.3 is 0 Å². The quantitative estimate of drug-likeness (QED) is 0.548. The maximum Gasteiger partial charge on any atom is 0.268 e. The molecule has 6 nitrogen and oxygen atoms in total. The van der Waals surface area contributed by atoms with E-state index in [1.807, 2.05) is 14.1 Å². The van der Waals surface area contributed by atoms with E-state index in [0.717, 1.165) is 5.52 Å². The normalized spacial score (nSPS) is 10.8. The van der Waals surface area contributed by atoms with Crippen LogP contribution in [0.3, 0.4) is 0 Å². The fourth-order valence-electron chi connectivity index (χ4n) is 1.19. The van der Waals surface area contributed by atoms with Crippen LogP contribution in [-0.2, 0) is 0 Å². The van der Waals surface area contributed by atoms with E-state index >= 15 is 0 Å². The highest BCUT2D eigenvalue weighted by atomic mass is 15.3. The predicted octanol–water partition coefficient (Wildman–Crippen LogP) is 0.822. The summed E-state index contributed by atoms with van der Waals surface area (Å²) < 4.78 is 1.59. The lowest BCUT2D eigenvalue weighted by Crippen LogP contribution is -2.07. The van der Waals surface area contributed by atoms with Crippen molar-refractivity contribution >= 4 is 17.8 Å². The van der Waals surface area contributed by atoms with Gasteiger partial charge in [0.2, 0.25) is 0 Å². The van der Waals surface area contributed by atoms with Gasteiger partial charge in [0.15, 0.2) is 0 Å². The molecule has 16 heavy (non-hydrogen) atoms. The zero-order valence-electron chi connectivity index (χ0n) is 8.99. The van der Waals surface area contributed by atoms with Crippen molar-refractivity contribution in [2.75, 3.05) is 14.1 Å². The van der Waals surface area contributed by atoms with E-state index < -0.39 is 0 Å². The first-order chi connectivity index (χ1) is 7.69. The molecule has 6 heteroatoms. The number of aromatic nitrogens is 3. The molecule has 0 fully saturated rings. The predicted molar refractivity (Wildman–Crippen MR) is 59.5 cm³/mol. The molecule has 0 bridgehead atoms. The highest BCUT2D eigenvalue weighted by Crippen LogP contribution is 2.09. The fourth-order valence-corrected chi connectivity index (χ4v) is 1.19. The molecule has 0 saturated carbocycles. The molecule has 0 radical (unpaired) electrons. The van der Waals surface area contributed by atoms with Gasteiger partial charge in [-0.05, 0) is 6.07 Å². The van der Waals surface area contributed by atoms with Crippen molar-refractivity contribution in [1.82, 2.24) is 19.5 Å². The highest BCUT2D eigenvalue weighted by Gasteiger charge is 2.01. The lowest BCUT2D eigenvalue weighted by Gasteiger charge is -2.01. The lowest BCUT2D eigenvalue weighted by atomic mass is 10.4. The minimum absolute atomic E-state index is 0.362. The largest absolute Gasteiger partial charge is 0.369 e. The second-order valence-electron chi connectivity index (χ2n) is 3.48. The van der Waals surface area contributed by atoms with Crippen molar-refractivity contribution < 1.29 is 0 Å². The van der Waals surface area contributed by atoms with E-state index in [0.29, 0.717) is 11.5 Å². The van der Waals surface area contributed by atoms with Crippen LogP contribution in [0, 0.1) is 11.3 Å². The Morgan fingerprint density at radius 3 is 3.06 bits per heavy atom. The Morgan fingerprint density at radius 2 is 2.38 bits per heavy atom. The summed E-state index contributed by atoms with van der Waals surface area (Å²) in [6.45, 7) is 0. The molecule has 0 aliphatic carbocycles. The molecule has 0 atom stereocenters. The number of aliphatic imine (C=N–C) groups is 1. The summed E-state index contributed by atoms with van der Waals surface area (Å²) in [5.41, 5.74) is 1.34. The zero-order chi connectivity index (χ0) is 11.5. The first kappa shape index (κ1) is 10.1. The Labute approximate surface area is 92.5 Å². The Balaban J connectivity index is 2.40. The molecule has 0 N–H and O–H groups in total. The van der Waals surface area contributed by atoms with Gasteiger partial charge in [-0.3, -0.25) is 0 Å². The summed E-state index contributed by atoms with van der Waals surface area (Å²) in [6, 6.07) is 3.77. The number of nitrogens with zero attached hydrogens (tertiary/aromatic N) is 6. The molecule has 0 spiro atoms. The number of rotatable bonds is 2. The minimum atomic E-state index is 0.362. The van der Waals surface area contributed by atoms with Gasteiger partial charge < -0.3 is 4.90 Å². The van der Waals surface area contributed by atoms with Crippen molar-refractivity contribution in [2.45, 2.75) is 0 Å². The van der Waals surface area contributed by atoms with Gasteiger partial charge in [0, 0.05) is 20.3 Å². The summed E-state index contributed by atoms with van der Waals surface area (Å²) in [4.78, 5) is 9.92. The van der Waals surface area contributed by atoms with Gasteiger partial charge in [-0.1, -0.05) is 0 Å². The van der Waals surface area contributed by atoms with Gasteiger partial charge in [-0.2, -0.15) is 5.26 Å². The number of hydrogen-bond acceptors (Lipinski definition) is 4. The van der Waals surface area contributed by atoms with E-state index in [2.05, 4.69) is 21.1 Å². The second kappa shape index (κ2) is 3.98. The maximum absolute atomic E-state index is 8.74. The van der Waals surface area contributed by atoms with Crippen molar-refractivity contribution in [3.8, 4) is 6.07 Å². The molecule has 0 saturated heterocycles. The average Bonchev–Trinajstić information content (AvgIpc) is 2.68. The third kappa shape index (κ3) is 1.98. The van der Waals surface area contributed by atoms with Gasteiger partial charge in [-0.15, -0.1) is 5.10 Å². The third-order valence-electron chi connectivity index (χ3n) is 1.87. The molecule has 0 aromatic carbocycles. The first-order valence-corrected chi connectivity index (χ1v) is 4.65. The molecule has 2 aromatic rings. The first-order valence-electron chi connectivity index (χ1n) is 4.65. The van der Waals surface area contributed by atoms with Crippen LogP contribution in [0.2, 0.25) is 0 Å². The summed E-state index contributed by atoms with van der Waals surface area (Å²) in [7, 11) is 3.73. The van der Waals surface area contributed by atoms with Crippen LogP contribution in [0.4, 0.5) is 5.95 Å². The van der Waals surface area contributed by atoms with E-state index in [-0.39, 0.29) is 0 Å². The molecule has 0 unspecified atom stereocenters. The van der Waals surface area contributed by atoms with Crippen LogP contribution in [0.25, 0.3) is 5.52 Å². The van der Waals surface area contributed by atoms with Gasteiger partial charge in [0.1, 0.15) is 6.07 Å². The Kier molecular flexibility index (Phi) is 2.52. The van der Waals surface area contributed by atoms with E-state index in [1.54, 1.807) is 34.2 Å². The topological polar surface area (TPSA) is 69.6 Å². The zero-order valence-corrected chi connectivity index (χ0v) is 8.99. The Hall–Kier alpha value is -2.42. The SMILES string of the molecule is CN(C)/C=N/c1ncc2cc(C#N)cn2n1. The van der Waals surface area contributed by atoms with Crippen LogP contribution in [0.1, 0.15) is 5.56 Å². The van der Waals surface area contributed by atoms with Crippen LogP contribution in [0.5, 0.6) is 0 Å². The van der Waals surface area contributed by atoms with Crippen molar-refractivity contribution in [1.29, 1.82) is 5.26 Å². The summed E-state index contributed by atoms with van der Waals surface area (Å²) >= 11 is 0. The van der Waals surface area contributed by atoms with Crippen molar-refractivity contribution in [3.63, 3.8) is 0 Å². The standard InChI is InChI=1S/C10H10N6/c1-15(2)7-13-10-12-5-9-3-8(4-11)6-16(9)14-10/h3,5-7H,1-2H3/b13-7+. The van der Waals surface area contributed by atoms with Gasteiger partial charge in [0.25, 0.3) is 5.95 Å². The molecule has 2 aromatic heterocycles. The van der Waals surface area contributed by atoms with E-state index in [1.165, 1.54) is 0 Å². The Bertz CT molecular complexity index is 574. The third-order valence-corrected chi connectivity index (χ3v) is 1.87. The summed E-state index contributed by atoms with van der Waals surface area (Å²) in [6.07, 6.45) is 4.90. The molecule has 2 heterocycles. The summed E-state index contributed by atoms with van der Waals surface area (Å²) in [5.74, 6) is 0.362. The summed E-state index contributed by atoms with van der Waals surface area (Å²) in [5, 5.41) is 12.9. The number of nitriles is 1.